The van der Waals surface area contributed by atoms with E-state index in [-0.39, 0.29) is 34.0 Å². The average molecular weight is 529 g/mol. The molecule has 2 aromatic carbocycles. The molecule has 1 atom stereocenters. The average Bonchev–Trinajstić information content (AvgIpc) is 3.10. The standard InChI is InChI=1S/C24H24ClF3N2O4S/c1-4-21-19(23(32)29-16-6-8-18(9-7-16)35(3,33)34)13-17(11-14(2)31)30(21)22-10-5-15(25)12-20(22)24(26,27)28/h5-10,12-14,31H,4,11H2,1-3H3,(H,29,32)/t14-/m0/s1. The Balaban J connectivity index is 2.12. The Bertz CT molecular complexity index is 1350. The fraction of sp³-hybridized carbons (Fsp3) is 0.292. The topological polar surface area (TPSA) is 88.4 Å². The first kappa shape index (κ1) is 26.8. The third kappa shape index (κ3) is 6.06. The SMILES string of the molecule is CCc1c(C(=O)Nc2ccc(S(C)(=O)=O)cc2)cc(C[C@H](C)O)n1-c1ccc(Cl)cc1C(F)(F)F. The molecule has 0 saturated carbocycles. The number of aliphatic hydroxyl groups excluding tert-OH is 1. The molecular weight excluding hydrogens is 505 g/mol. The predicted octanol–water partition coefficient (Wildman–Crippen LogP) is 5.29. The van der Waals surface area contributed by atoms with Crippen molar-refractivity contribution in [3.63, 3.8) is 0 Å². The minimum Gasteiger partial charge on any atom is -0.393 e. The number of alkyl halides is 3. The van der Waals surface area contributed by atoms with Gasteiger partial charge in [0.1, 0.15) is 0 Å². The van der Waals surface area contributed by atoms with Gasteiger partial charge in [-0.2, -0.15) is 13.2 Å². The zero-order valence-corrected chi connectivity index (χ0v) is 20.7. The summed E-state index contributed by atoms with van der Waals surface area (Å²) in [5.41, 5.74) is -0.0763. The van der Waals surface area contributed by atoms with Crippen molar-refractivity contribution in [3.8, 4) is 5.69 Å². The van der Waals surface area contributed by atoms with Gasteiger partial charge in [0.15, 0.2) is 9.84 Å². The maximum absolute atomic E-state index is 13.9. The van der Waals surface area contributed by atoms with Crippen molar-refractivity contribution in [2.24, 2.45) is 0 Å². The van der Waals surface area contributed by atoms with Crippen LogP contribution in [0.3, 0.4) is 0 Å². The van der Waals surface area contributed by atoms with Gasteiger partial charge in [0.25, 0.3) is 5.91 Å². The molecule has 3 rings (SSSR count). The van der Waals surface area contributed by atoms with Gasteiger partial charge < -0.3 is 15.0 Å². The number of carbonyl (C=O) groups excluding carboxylic acids is 1. The summed E-state index contributed by atoms with van der Waals surface area (Å²) < 4.78 is 66.3. The quantitative estimate of drug-likeness (QED) is 0.436. The lowest BCUT2D eigenvalue weighted by atomic mass is 10.1. The van der Waals surface area contributed by atoms with E-state index in [1.165, 1.54) is 54.0 Å². The highest BCUT2D eigenvalue weighted by Gasteiger charge is 2.35. The second kappa shape index (κ2) is 10.0. The van der Waals surface area contributed by atoms with Crippen LogP contribution in [0.5, 0.6) is 0 Å². The molecule has 0 aliphatic carbocycles. The summed E-state index contributed by atoms with van der Waals surface area (Å²) >= 11 is 5.84. The first-order valence-electron chi connectivity index (χ1n) is 10.6. The molecule has 0 saturated heterocycles. The number of nitrogens with one attached hydrogen (secondary N) is 1. The highest BCUT2D eigenvalue weighted by atomic mass is 35.5. The van der Waals surface area contributed by atoms with Crippen LogP contribution in [0.4, 0.5) is 18.9 Å². The van der Waals surface area contributed by atoms with Crippen molar-refractivity contribution in [1.82, 2.24) is 4.57 Å². The van der Waals surface area contributed by atoms with E-state index in [1.807, 2.05) is 0 Å². The van der Waals surface area contributed by atoms with Gasteiger partial charge in [-0.1, -0.05) is 18.5 Å². The zero-order valence-electron chi connectivity index (χ0n) is 19.1. The van der Waals surface area contributed by atoms with Crippen molar-refractivity contribution >= 4 is 33.0 Å². The maximum atomic E-state index is 13.9. The van der Waals surface area contributed by atoms with Crippen molar-refractivity contribution in [2.45, 2.75) is 43.9 Å². The maximum Gasteiger partial charge on any atom is 0.418 e. The van der Waals surface area contributed by atoms with E-state index in [0.29, 0.717) is 17.1 Å². The van der Waals surface area contributed by atoms with Crippen LogP contribution in [0.15, 0.2) is 53.4 Å². The highest BCUT2D eigenvalue weighted by molar-refractivity contribution is 7.90. The molecule has 3 aromatic rings. The van der Waals surface area contributed by atoms with Crippen LogP contribution in [0.1, 0.15) is 41.2 Å². The van der Waals surface area contributed by atoms with Crippen LogP contribution in [0.2, 0.25) is 5.02 Å². The van der Waals surface area contributed by atoms with Crippen molar-refractivity contribution < 1.29 is 31.5 Å². The molecule has 188 valence electrons. The monoisotopic (exact) mass is 528 g/mol. The van der Waals surface area contributed by atoms with Crippen LogP contribution in [0.25, 0.3) is 5.69 Å². The Morgan fingerprint density at radius 2 is 1.77 bits per heavy atom. The van der Waals surface area contributed by atoms with Crippen molar-refractivity contribution in [3.05, 3.63) is 76.1 Å². The molecule has 1 amide bonds. The van der Waals surface area contributed by atoms with Gasteiger partial charge >= 0.3 is 6.18 Å². The number of nitrogens with zero attached hydrogens (tertiary/aromatic N) is 1. The molecule has 0 aliphatic rings. The second-order valence-corrected chi connectivity index (χ2v) is 10.6. The third-order valence-electron chi connectivity index (χ3n) is 5.31. The van der Waals surface area contributed by atoms with E-state index < -0.39 is 33.6 Å². The van der Waals surface area contributed by atoms with Crippen LogP contribution in [0, 0.1) is 0 Å². The van der Waals surface area contributed by atoms with E-state index in [4.69, 9.17) is 11.6 Å². The van der Waals surface area contributed by atoms with E-state index in [1.54, 1.807) is 6.92 Å². The molecule has 1 aromatic heterocycles. The van der Waals surface area contributed by atoms with Crippen LogP contribution < -0.4 is 5.32 Å². The Morgan fingerprint density at radius 3 is 2.29 bits per heavy atom. The first-order valence-corrected chi connectivity index (χ1v) is 12.9. The molecule has 6 nitrogen and oxygen atoms in total. The molecule has 0 unspecified atom stereocenters. The number of benzene rings is 2. The summed E-state index contributed by atoms with van der Waals surface area (Å²) in [4.78, 5) is 13.2. The van der Waals surface area contributed by atoms with Gasteiger partial charge in [-0.25, -0.2) is 8.42 Å². The fourth-order valence-electron chi connectivity index (χ4n) is 3.82. The Morgan fingerprint density at radius 1 is 1.14 bits per heavy atom. The number of halogens is 4. The summed E-state index contributed by atoms with van der Waals surface area (Å²) in [5, 5.41) is 12.6. The number of carbonyl (C=O) groups is 1. The van der Waals surface area contributed by atoms with Crippen molar-refractivity contribution in [2.75, 3.05) is 11.6 Å². The van der Waals surface area contributed by atoms with Crippen molar-refractivity contribution in [1.29, 1.82) is 0 Å². The molecule has 35 heavy (non-hydrogen) atoms. The first-order chi connectivity index (χ1) is 16.2. The van der Waals surface area contributed by atoms with Gasteiger partial charge in [-0.15, -0.1) is 0 Å². The smallest absolute Gasteiger partial charge is 0.393 e. The predicted molar refractivity (Wildman–Crippen MR) is 128 cm³/mol. The van der Waals surface area contributed by atoms with Gasteiger partial charge in [0, 0.05) is 34.8 Å². The van der Waals surface area contributed by atoms with Crippen LogP contribution in [-0.4, -0.2) is 36.4 Å². The summed E-state index contributed by atoms with van der Waals surface area (Å²) in [6.45, 7) is 3.21. The lowest BCUT2D eigenvalue weighted by molar-refractivity contribution is -0.137. The lowest BCUT2D eigenvalue weighted by Crippen LogP contribution is -2.17. The summed E-state index contributed by atoms with van der Waals surface area (Å²) in [7, 11) is -3.42. The zero-order chi connectivity index (χ0) is 26.1. The van der Waals surface area contributed by atoms with Gasteiger partial charge in [-0.05, 0) is 61.9 Å². The number of hydrogen-bond donors (Lipinski definition) is 2. The normalized spacial score (nSPS) is 13.0. The summed E-state index contributed by atoms with van der Waals surface area (Å²) in [6, 6.07) is 10.4. The third-order valence-corrected chi connectivity index (χ3v) is 6.67. The number of aliphatic hydroxyl groups is 1. The van der Waals surface area contributed by atoms with Gasteiger partial charge in [0.2, 0.25) is 0 Å². The van der Waals surface area contributed by atoms with Gasteiger partial charge in [0.05, 0.1) is 27.8 Å². The molecule has 0 fully saturated rings. The number of hydrogen-bond acceptors (Lipinski definition) is 4. The molecule has 0 bridgehead atoms. The summed E-state index contributed by atoms with van der Waals surface area (Å²) in [6.07, 6.45) is -4.30. The Labute approximate surface area is 206 Å². The van der Waals surface area contributed by atoms with Crippen LogP contribution in [-0.2, 0) is 28.9 Å². The van der Waals surface area contributed by atoms with E-state index >= 15 is 0 Å². The Kier molecular flexibility index (Phi) is 7.68. The van der Waals surface area contributed by atoms with E-state index in [9.17, 15) is 31.5 Å². The molecular formula is C24H24ClF3N2O4S. The fourth-order valence-corrected chi connectivity index (χ4v) is 4.62. The number of sulfone groups is 1. The molecule has 0 spiro atoms. The minimum absolute atomic E-state index is 0.00323. The summed E-state index contributed by atoms with van der Waals surface area (Å²) in [5.74, 6) is -0.581. The molecule has 0 radical (unpaired) electrons. The largest absolute Gasteiger partial charge is 0.418 e. The molecule has 11 heteroatoms. The second-order valence-electron chi connectivity index (χ2n) is 8.15. The van der Waals surface area contributed by atoms with E-state index in [0.717, 1.165) is 12.3 Å². The molecule has 0 aliphatic heterocycles. The highest BCUT2D eigenvalue weighted by Crippen LogP contribution is 2.38. The number of rotatable bonds is 7. The van der Waals surface area contributed by atoms with Crippen LogP contribution >= 0.6 is 11.6 Å². The minimum atomic E-state index is -4.71. The number of anilines is 1. The number of amides is 1. The lowest BCUT2D eigenvalue weighted by Gasteiger charge is -2.20. The molecule has 1 heterocycles. The number of aromatic nitrogens is 1. The van der Waals surface area contributed by atoms with E-state index in [2.05, 4.69) is 5.32 Å². The van der Waals surface area contributed by atoms with Gasteiger partial charge in [-0.3, -0.25) is 4.79 Å². The Hall–Kier alpha value is -2.82. The molecule has 2 N–H and O–H groups in total.